The maximum Gasteiger partial charge on any atom is 0.340 e. The largest absolute Gasteiger partial charge is 0.465 e. The van der Waals surface area contributed by atoms with E-state index in [4.69, 9.17) is 5.73 Å². The fraction of sp³-hybridized carbons (Fsp3) is 0.462. The van der Waals surface area contributed by atoms with Gasteiger partial charge in [0, 0.05) is 11.4 Å². The van der Waals surface area contributed by atoms with E-state index in [0.717, 1.165) is 11.3 Å². The second-order valence-corrected chi connectivity index (χ2v) is 4.91. The average molecular weight is 252 g/mol. The van der Waals surface area contributed by atoms with Crippen molar-refractivity contribution in [2.75, 3.05) is 24.8 Å². The highest BCUT2D eigenvalue weighted by molar-refractivity contribution is 5.97. The van der Waals surface area contributed by atoms with Crippen LogP contribution in [-0.2, 0) is 4.74 Å². The molecule has 1 aromatic carbocycles. The summed E-state index contributed by atoms with van der Waals surface area (Å²) in [6.07, 6.45) is 0. The number of nitrogen functional groups attached to an aromatic ring is 1. The Morgan fingerprint density at radius 1 is 1.50 bits per heavy atom. The van der Waals surface area contributed by atoms with E-state index in [-0.39, 0.29) is 6.61 Å². The van der Waals surface area contributed by atoms with Crippen LogP contribution >= 0.6 is 0 Å². The highest BCUT2D eigenvalue weighted by atomic mass is 16.5. The van der Waals surface area contributed by atoms with Gasteiger partial charge in [0.05, 0.1) is 24.8 Å². The number of nitrogens with two attached hydrogens (primary N) is 1. The molecule has 0 amide bonds. The van der Waals surface area contributed by atoms with Crippen LogP contribution in [0.3, 0.4) is 0 Å². The molecular formula is C13H20N2O3. The van der Waals surface area contributed by atoms with Crippen LogP contribution in [0.1, 0.15) is 29.8 Å². The van der Waals surface area contributed by atoms with Crippen LogP contribution in [0.15, 0.2) is 12.1 Å². The summed E-state index contributed by atoms with van der Waals surface area (Å²) in [5.41, 5.74) is 7.62. The fourth-order valence-corrected chi connectivity index (χ4v) is 1.58. The van der Waals surface area contributed by atoms with Gasteiger partial charge >= 0.3 is 5.97 Å². The van der Waals surface area contributed by atoms with E-state index in [2.05, 4.69) is 10.1 Å². The fourth-order valence-electron chi connectivity index (χ4n) is 1.58. The molecule has 0 saturated heterocycles. The van der Waals surface area contributed by atoms with Crippen LogP contribution in [0.25, 0.3) is 0 Å². The lowest BCUT2D eigenvalue weighted by molar-refractivity contribution is 0.0602. The molecule has 5 heteroatoms. The van der Waals surface area contributed by atoms with E-state index < -0.39 is 11.5 Å². The zero-order valence-electron chi connectivity index (χ0n) is 11.2. The van der Waals surface area contributed by atoms with Gasteiger partial charge in [-0.25, -0.2) is 4.79 Å². The third kappa shape index (κ3) is 3.13. The highest BCUT2D eigenvalue weighted by Crippen LogP contribution is 2.25. The SMILES string of the molecule is COC(=O)c1cc(NC(C)(C)CO)cc(C)c1N. The summed E-state index contributed by atoms with van der Waals surface area (Å²) >= 11 is 0. The molecule has 4 N–H and O–H groups in total. The van der Waals surface area contributed by atoms with Gasteiger partial charge in [-0.05, 0) is 38.5 Å². The molecule has 0 bridgehead atoms. The maximum absolute atomic E-state index is 11.6. The summed E-state index contributed by atoms with van der Waals surface area (Å²) in [7, 11) is 1.31. The van der Waals surface area contributed by atoms with Crippen LogP contribution in [-0.4, -0.2) is 30.3 Å². The number of aliphatic hydroxyl groups is 1. The molecule has 5 nitrogen and oxygen atoms in total. The van der Waals surface area contributed by atoms with Crippen molar-refractivity contribution in [3.63, 3.8) is 0 Å². The third-order valence-corrected chi connectivity index (χ3v) is 2.67. The minimum atomic E-state index is -0.476. The first-order valence-corrected chi connectivity index (χ1v) is 5.68. The van der Waals surface area contributed by atoms with Crippen LogP contribution in [0.2, 0.25) is 0 Å². The second-order valence-electron chi connectivity index (χ2n) is 4.91. The summed E-state index contributed by atoms with van der Waals surface area (Å²) in [4.78, 5) is 11.6. The van der Waals surface area contributed by atoms with Crippen molar-refractivity contribution in [2.24, 2.45) is 0 Å². The Bertz CT molecular complexity index is 456. The molecule has 0 aliphatic heterocycles. The third-order valence-electron chi connectivity index (χ3n) is 2.67. The van der Waals surface area contributed by atoms with Crippen molar-refractivity contribution in [1.82, 2.24) is 0 Å². The second kappa shape index (κ2) is 5.27. The van der Waals surface area contributed by atoms with Gasteiger partial charge in [0.15, 0.2) is 0 Å². The van der Waals surface area contributed by atoms with Gasteiger partial charge in [0.1, 0.15) is 0 Å². The molecule has 0 atom stereocenters. The normalized spacial score (nSPS) is 11.2. The number of methoxy groups -OCH3 is 1. The number of aliphatic hydroxyl groups excluding tert-OH is 1. The topological polar surface area (TPSA) is 84.6 Å². The molecule has 0 spiro atoms. The standard InChI is InChI=1S/C13H20N2O3/c1-8-5-9(15-13(2,3)7-16)6-10(11(8)14)12(17)18-4/h5-6,15-16H,7,14H2,1-4H3. The molecule has 18 heavy (non-hydrogen) atoms. The van der Waals surface area contributed by atoms with Gasteiger partial charge in [-0.2, -0.15) is 0 Å². The molecule has 0 aromatic heterocycles. The zero-order chi connectivity index (χ0) is 13.9. The Hall–Kier alpha value is -1.75. The molecular weight excluding hydrogens is 232 g/mol. The predicted molar refractivity (Wildman–Crippen MR) is 71.7 cm³/mol. The van der Waals surface area contributed by atoms with Crippen LogP contribution in [0, 0.1) is 6.92 Å². The zero-order valence-corrected chi connectivity index (χ0v) is 11.2. The van der Waals surface area contributed by atoms with E-state index in [1.807, 2.05) is 26.8 Å². The number of esters is 1. The quantitative estimate of drug-likeness (QED) is 0.559. The summed E-state index contributed by atoms with van der Waals surface area (Å²) in [6, 6.07) is 3.46. The smallest absolute Gasteiger partial charge is 0.340 e. The van der Waals surface area contributed by atoms with Crippen molar-refractivity contribution < 1.29 is 14.6 Å². The Labute approximate surface area is 107 Å². The predicted octanol–water partition coefficient (Wildman–Crippen LogP) is 1.55. The number of carbonyl (C=O) groups excluding carboxylic acids is 1. The number of hydrogen-bond acceptors (Lipinski definition) is 5. The van der Waals surface area contributed by atoms with Crippen molar-refractivity contribution in [3.8, 4) is 0 Å². The Kier molecular flexibility index (Phi) is 4.19. The molecule has 0 heterocycles. The lowest BCUT2D eigenvalue weighted by Gasteiger charge is -2.25. The first-order chi connectivity index (χ1) is 8.30. The van der Waals surface area contributed by atoms with E-state index in [1.54, 1.807) is 6.07 Å². The maximum atomic E-state index is 11.6. The summed E-state index contributed by atoms with van der Waals surface area (Å²) < 4.78 is 4.69. The van der Waals surface area contributed by atoms with Crippen molar-refractivity contribution in [2.45, 2.75) is 26.3 Å². The Morgan fingerprint density at radius 3 is 2.61 bits per heavy atom. The average Bonchev–Trinajstić information content (AvgIpc) is 2.32. The van der Waals surface area contributed by atoms with Gasteiger partial charge < -0.3 is 20.9 Å². The summed E-state index contributed by atoms with van der Waals surface area (Å²) in [5.74, 6) is -0.471. The lowest BCUT2D eigenvalue weighted by atomic mass is 10.0. The molecule has 1 rings (SSSR count). The van der Waals surface area contributed by atoms with E-state index in [9.17, 15) is 9.90 Å². The number of hydrogen-bond donors (Lipinski definition) is 3. The van der Waals surface area contributed by atoms with Crippen LogP contribution in [0.4, 0.5) is 11.4 Å². The molecule has 100 valence electrons. The lowest BCUT2D eigenvalue weighted by Crippen LogP contribution is -2.35. The van der Waals surface area contributed by atoms with Gasteiger partial charge in [-0.1, -0.05) is 0 Å². The molecule has 0 saturated carbocycles. The number of rotatable bonds is 4. The number of ether oxygens (including phenoxy) is 1. The molecule has 0 fully saturated rings. The molecule has 0 aliphatic carbocycles. The first kappa shape index (κ1) is 14.3. The molecule has 0 unspecified atom stereocenters. The summed E-state index contributed by atoms with van der Waals surface area (Å²) in [6.45, 7) is 5.51. The van der Waals surface area contributed by atoms with Crippen molar-refractivity contribution in [1.29, 1.82) is 0 Å². The van der Waals surface area contributed by atoms with Crippen LogP contribution in [0.5, 0.6) is 0 Å². The van der Waals surface area contributed by atoms with E-state index in [1.165, 1.54) is 7.11 Å². The number of aryl methyl sites for hydroxylation is 1. The van der Waals surface area contributed by atoms with E-state index >= 15 is 0 Å². The molecule has 1 aromatic rings. The van der Waals surface area contributed by atoms with Crippen LogP contribution < -0.4 is 11.1 Å². The van der Waals surface area contributed by atoms with Gasteiger partial charge in [0.2, 0.25) is 0 Å². The first-order valence-electron chi connectivity index (χ1n) is 5.68. The van der Waals surface area contributed by atoms with Gasteiger partial charge in [0.25, 0.3) is 0 Å². The Balaban J connectivity index is 3.16. The summed E-state index contributed by atoms with van der Waals surface area (Å²) in [5, 5.41) is 12.4. The minimum absolute atomic E-state index is 0.0238. The highest BCUT2D eigenvalue weighted by Gasteiger charge is 2.19. The number of carbonyl (C=O) groups is 1. The molecule has 0 aliphatic rings. The van der Waals surface area contributed by atoms with Crippen molar-refractivity contribution >= 4 is 17.3 Å². The number of nitrogens with one attached hydrogen (secondary N) is 1. The van der Waals surface area contributed by atoms with Gasteiger partial charge in [-0.15, -0.1) is 0 Å². The monoisotopic (exact) mass is 252 g/mol. The Morgan fingerprint density at radius 2 is 2.11 bits per heavy atom. The van der Waals surface area contributed by atoms with Gasteiger partial charge in [-0.3, -0.25) is 0 Å². The number of anilines is 2. The van der Waals surface area contributed by atoms with Crippen molar-refractivity contribution in [3.05, 3.63) is 23.3 Å². The van der Waals surface area contributed by atoms with E-state index in [0.29, 0.717) is 11.3 Å². The number of benzene rings is 1. The minimum Gasteiger partial charge on any atom is -0.465 e. The molecule has 0 radical (unpaired) electrons.